The van der Waals surface area contributed by atoms with Gasteiger partial charge in [-0.3, -0.25) is 4.68 Å². The summed E-state index contributed by atoms with van der Waals surface area (Å²) in [6.07, 6.45) is 2.40. The third kappa shape index (κ3) is 3.33. The van der Waals surface area contributed by atoms with E-state index in [1.54, 1.807) is 17.9 Å². The second-order valence-electron chi connectivity index (χ2n) is 4.56. The van der Waals surface area contributed by atoms with Crippen molar-refractivity contribution in [2.24, 2.45) is 7.05 Å². The van der Waals surface area contributed by atoms with Gasteiger partial charge < -0.3 is 19.9 Å². The zero-order valence-electron chi connectivity index (χ0n) is 12.6. The average Bonchev–Trinajstić information content (AvgIpc) is 2.99. The first kappa shape index (κ1) is 14.9. The maximum Gasteiger partial charge on any atom is 0.319 e. The van der Waals surface area contributed by atoms with Crippen molar-refractivity contribution >= 4 is 11.7 Å². The third-order valence-corrected chi connectivity index (χ3v) is 3.05. The summed E-state index contributed by atoms with van der Waals surface area (Å²) in [5.74, 6) is 1.15. The van der Waals surface area contributed by atoms with Gasteiger partial charge >= 0.3 is 6.03 Å². The van der Waals surface area contributed by atoms with E-state index < -0.39 is 0 Å². The lowest BCUT2D eigenvalue weighted by Gasteiger charge is -2.07. The molecule has 114 valence electrons. The Hall–Kier alpha value is -2.51. The number of carbonyl (C=O) groups excluding carboxylic acids is 1. The molecule has 0 radical (unpaired) electrons. The van der Waals surface area contributed by atoms with Gasteiger partial charge in [0.05, 0.1) is 19.0 Å². The molecule has 0 aliphatic heterocycles. The van der Waals surface area contributed by atoms with Crippen molar-refractivity contribution in [2.45, 2.75) is 26.8 Å². The van der Waals surface area contributed by atoms with Crippen molar-refractivity contribution in [3.05, 3.63) is 23.2 Å². The minimum Gasteiger partial charge on any atom is -0.478 e. The van der Waals surface area contributed by atoms with E-state index in [0.717, 1.165) is 23.4 Å². The van der Waals surface area contributed by atoms with Gasteiger partial charge in [0.2, 0.25) is 0 Å². The van der Waals surface area contributed by atoms with Crippen molar-refractivity contribution in [3.8, 4) is 5.88 Å². The highest BCUT2D eigenvalue weighted by Gasteiger charge is 2.14. The molecular weight excluding hydrogens is 274 g/mol. The summed E-state index contributed by atoms with van der Waals surface area (Å²) in [5.41, 5.74) is 2.20. The van der Waals surface area contributed by atoms with E-state index in [0.29, 0.717) is 18.1 Å². The molecule has 21 heavy (non-hydrogen) atoms. The fourth-order valence-corrected chi connectivity index (χ4v) is 1.98. The van der Waals surface area contributed by atoms with Crippen LogP contribution in [0.4, 0.5) is 10.5 Å². The molecule has 0 atom stereocenters. The number of carbonyl (C=O) groups is 1. The van der Waals surface area contributed by atoms with Gasteiger partial charge in [0.25, 0.3) is 5.88 Å². The van der Waals surface area contributed by atoms with Crippen LogP contribution in [0, 0.1) is 6.92 Å². The monoisotopic (exact) mass is 293 g/mol. The van der Waals surface area contributed by atoms with E-state index >= 15 is 0 Å². The minimum absolute atomic E-state index is 0.344. The number of aromatic nitrogens is 3. The number of rotatable bonds is 5. The molecule has 2 rings (SSSR count). The molecule has 2 N–H and O–H groups in total. The summed E-state index contributed by atoms with van der Waals surface area (Å²) in [4.78, 5) is 11.9. The van der Waals surface area contributed by atoms with E-state index in [1.807, 2.05) is 13.8 Å². The highest BCUT2D eigenvalue weighted by atomic mass is 16.5. The number of hydrogen-bond acceptors (Lipinski definition) is 5. The topological polar surface area (TPSA) is 94.2 Å². The van der Waals surface area contributed by atoms with Gasteiger partial charge in [-0.05, 0) is 6.92 Å². The lowest BCUT2D eigenvalue weighted by Crippen LogP contribution is -2.28. The molecule has 0 aliphatic carbocycles. The molecule has 2 aromatic rings. The molecule has 0 aromatic carbocycles. The van der Waals surface area contributed by atoms with Crippen LogP contribution in [-0.4, -0.2) is 28.1 Å². The highest BCUT2D eigenvalue weighted by molar-refractivity contribution is 5.90. The van der Waals surface area contributed by atoms with Gasteiger partial charge in [0, 0.05) is 25.6 Å². The van der Waals surface area contributed by atoms with Gasteiger partial charge in [-0.25, -0.2) is 4.79 Å². The number of ether oxygens (including phenoxy) is 1. The summed E-state index contributed by atoms with van der Waals surface area (Å²) in [7, 11) is 3.25. The fraction of sp³-hybridized carbons (Fsp3) is 0.462. The summed E-state index contributed by atoms with van der Waals surface area (Å²) < 4.78 is 11.8. The summed E-state index contributed by atoms with van der Waals surface area (Å²) in [6.45, 7) is 4.18. The quantitative estimate of drug-likeness (QED) is 0.873. The van der Waals surface area contributed by atoms with E-state index in [-0.39, 0.29) is 6.03 Å². The molecule has 0 unspecified atom stereocenters. The number of aryl methyl sites for hydroxylation is 3. The van der Waals surface area contributed by atoms with Gasteiger partial charge in [0.15, 0.2) is 0 Å². The zero-order valence-corrected chi connectivity index (χ0v) is 12.6. The molecule has 0 aliphatic rings. The molecule has 0 spiro atoms. The standard InChI is InChI=1S/C13H19N5O3/c1-5-11-9(8(2)17-21-11)6-14-13(19)15-10-7-18(3)16-12(10)20-4/h7H,5-6H2,1-4H3,(H2,14,15,19). The van der Waals surface area contributed by atoms with Gasteiger partial charge in [-0.2, -0.15) is 0 Å². The van der Waals surface area contributed by atoms with Crippen LogP contribution in [-0.2, 0) is 20.0 Å². The van der Waals surface area contributed by atoms with Crippen LogP contribution >= 0.6 is 0 Å². The van der Waals surface area contributed by atoms with E-state index in [4.69, 9.17) is 9.26 Å². The second kappa shape index (κ2) is 6.29. The molecular formula is C13H19N5O3. The Morgan fingerprint density at radius 3 is 2.95 bits per heavy atom. The Balaban J connectivity index is 1.97. The van der Waals surface area contributed by atoms with Crippen LogP contribution in [0.3, 0.4) is 0 Å². The van der Waals surface area contributed by atoms with Gasteiger partial charge in [0.1, 0.15) is 11.4 Å². The Bertz CT molecular complexity index is 632. The van der Waals surface area contributed by atoms with Crippen molar-refractivity contribution < 1.29 is 14.1 Å². The largest absolute Gasteiger partial charge is 0.478 e. The second-order valence-corrected chi connectivity index (χ2v) is 4.56. The molecule has 0 saturated heterocycles. The SMILES string of the molecule is CCc1onc(C)c1CNC(=O)Nc1cn(C)nc1OC. The number of hydrogen-bond donors (Lipinski definition) is 2. The molecule has 2 amide bonds. The van der Waals surface area contributed by atoms with Gasteiger partial charge in [-0.1, -0.05) is 12.1 Å². The first-order valence-corrected chi connectivity index (χ1v) is 6.61. The summed E-state index contributed by atoms with van der Waals surface area (Å²) >= 11 is 0. The van der Waals surface area contributed by atoms with Crippen LogP contribution in [0.2, 0.25) is 0 Å². The van der Waals surface area contributed by atoms with E-state index in [2.05, 4.69) is 20.9 Å². The van der Waals surface area contributed by atoms with E-state index in [1.165, 1.54) is 7.11 Å². The summed E-state index contributed by atoms with van der Waals surface area (Å²) in [6, 6.07) is -0.344. The van der Waals surface area contributed by atoms with Crippen molar-refractivity contribution in [1.82, 2.24) is 20.3 Å². The number of nitrogens with one attached hydrogen (secondary N) is 2. The Kier molecular flexibility index (Phi) is 4.46. The zero-order chi connectivity index (χ0) is 15.4. The predicted molar refractivity (Wildman–Crippen MR) is 76.2 cm³/mol. The van der Waals surface area contributed by atoms with Crippen LogP contribution in [0.15, 0.2) is 10.7 Å². The fourth-order valence-electron chi connectivity index (χ4n) is 1.98. The van der Waals surface area contributed by atoms with Crippen molar-refractivity contribution in [1.29, 1.82) is 0 Å². The van der Waals surface area contributed by atoms with E-state index in [9.17, 15) is 4.79 Å². The lowest BCUT2D eigenvalue weighted by molar-refractivity contribution is 0.251. The average molecular weight is 293 g/mol. The van der Waals surface area contributed by atoms with Crippen LogP contribution in [0.25, 0.3) is 0 Å². The smallest absolute Gasteiger partial charge is 0.319 e. The molecule has 2 heterocycles. The molecule has 8 nitrogen and oxygen atoms in total. The number of amides is 2. The minimum atomic E-state index is -0.344. The highest BCUT2D eigenvalue weighted by Crippen LogP contribution is 2.20. The Labute approximate surface area is 122 Å². The number of anilines is 1. The van der Waals surface area contributed by atoms with Crippen LogP contribution < -0.4 is 15.4 Å². The lowest BCUT2D eigenvalue weighted by atomic mass is 10.1. The maximum atomic E-state index is 11.9. The summed E-state index contributed by atoms with van der Waals surface area (Å²) in [5, 5.41) is 13.4. The van der Waals surface area contributed by atoms with Crippen LogP contribution in [0.1, 0.15) is 23.9 Å². The van der Waals surface area contributed by atoms with Crippen LogP contribution in [0.5, 0.6) is 5.88 Å². The first-order valence-electron chi connectivity index (χ1n) is 6.61. The molecule has 0 fully saturated rings. The predicted octanol–water partition coefficient (Wildman–Crippen LogP) is 1.61. The first-order chi connectivity index (χ1) is 10.0. The normalized spacial score (nSPS) is 10.5. The number of urea groups is 1. The Morgan fingerprint density at radius 2 is 2.29 bits per heavy atom. The van der Waals surface area contributed by atoms with Crippen molar-refractivity contribution in [3.63, 3.8) is 0 Å². The molecule has 0 saturated carbocycles. The molecule has 8 heteroatoms. The molecule has 2 aromatic heterocycles. The third-order valence-electron chi connectivity index (χ3n) is 3.05. The van der Waals surface area contributed by atoms with Crippen molar-refractivity contribution in [2.75, 3.05) is 12.4 Å². The molecule has 0 bridgehead atoms. The number of nitrogens with zero attached hydrogens (tertiary/aromatic N) is 3. The number of methoxy groups -OCH3 is 1. The van der Waals surface area contributed by atoms with Gasteiger partial charge in [-0.15, -0.1) is 5.10 Å². The maximum absolute atomic E-state index is 11.9. The Morgan fingerprint density at radius 1 is 1.52 bits per heavy atom.